The van der Waals surface area contributed by atoms with Gasteiger partial charge in [-0.25, -0.2) is 4.98 Å². The van der Waals surface area contributed by atoms with E-state index in [2.05, 4.69) is 10.3 Å². The van der Waals surface area contributed by atoms with Crippen LogP contribution in [0.25, 0.3) is 0 Å². The lowest BCUT2D eigenvalue weighted by molar-refractivity contribution is -0.137. The number of rotatable bonds is 3. The Morgan fingerprint density at radius 1 is 1.15 bits per heavy atom. The Kier molecular flexibility index (Phi) is 3.89. The van der Waals surface area contributed by atoms with Crippen molar-refractivity contribution in [1.82, 2.24) is 4.98 Å². The van der Waals surface area contributed by atoms with Crippen LogP contribution in [0.5, 0.6) is 0 Å². The van der Waals surface area contributed by atoms with Gasteiger partial charge in [0.2, 0.25) is 0 Å². The first kappa shape index (κ1) is 13.9. The molecular weight excluding hydrogens is 267 g/mol. The van der Waals surface area contributed by atoms with Crippen molar-refractivity contribution >= 4 is 5.69 Å². The lowest BCUT2D eigenvalue weighted by Gasteiger charge is -2.09. The van der Waals surface area contributed by atoms with Crippen LogP contribution in [0.3, 0.4) is 0 Å². The van der Waals surface area contributed by atoms with Gasteiger partial charge in [-0.2, -0.15) is 18.4 Å². The molecule has 6 heteroatoms. The second-order valence-corrected chi connectivity index (χ2v) is 4.06. The number of nitriles is 1. The largest absolute Gasteiger partial charge is 0.416 e. The summed E-state index contributed by atoms with van der Waals surface area (Å²) in [6.07, 6.45) is -2.83. The van der Waals surface area contributed by atoms with Crippen molar-refractivity contribution in [2.75, 3.05) is 5.32 Å². The Balaban J connectivity index is 2.07. The van der Waals surface area contributed by atoms with Gasteiger partial charge in [0.25, 0.3) is 0 Å². The molecule has 0 fully saturated rings. The first-order valence-electron chi connectivity index (χ1n) is 5.76. The van der Waals surface area contributed by atoms with E-state index in [1.165, 1.54) is 18.3 Å². The minimum absolute atomic E-state index is 0.249. The van der Waals surface area contributed by atoms with Crippen LogP contribution in [0.2, 0.25) is 0 Å². The van der Waals surface area contributed by atoms with Crippen molar-refractivity contribution in [2.24, 2.45) is 0 Å². The maximum atomic E-state index is 12.4. The molecule has 0 amide bonds. The van der Waals surface area contributed by atoms with Gasteiger partial charge in [-0.05, 0) is 29.8 Å². The van der Waals surface area contributed by atoms with E-state index in [1.807, 2.05) is 6.07 Å². The molecule has 0 aliphatic heterocycles. The van der Waals surface area contributed by atoms with Gasteiger partial charge in [0.1, 0.15) is 6.07 Å². The van der Waals surface area contributed by atoms with Crippen molar-refractivity contribution in [3.63, 3.8) is 0 Å². The Morgan fingerprint density at radius 2 is 1.85 bits per heavy atom. The summed E-state index contributed by atoms with van der Waals surface area (Å²) in [5.41, 5.74) is 0.806. The number of nitrogens with one attached hydrogen (secondary N) is 1. The smallest absolute Gasteiger partial charge is 0.379 e. The first-order chi connectivity index (χ1) is 9.50. The molecule has 0 spiro atoms. The summed E-state index contributed by atoms with van der Waals surface area (Å²) in [5.74, 6) is 0. The summed E-state index contributed by atoms with van der Waals surface area (Å²) < 4.78 is 37.2. The van der Waals surface area contributed by atoms with E-state index < -0.39 is 11.7 Å². The van der Waals surface area contributed by atoms with Crippen LogP contribution in [-0.2, 0) is 12.7 Å². The Bertz CT molecular complexity index is 627. The minimum Gasteiger partial charge on any atom is -0.379 e. The van der Waals surface area contributed by atoms with Crippen LogP contribution in [0.15, 0.2) is 42.6 Å². The van der Waals surface area contributed by atoms with E-state index in [0.29, 0.717) is 17.8 Å². The average molecular weight is 277 g/mol. The summed E-state index contributed by atoms with van der Waals surface area (Å²) in [7, 11) is 0. The molecule has 0 aliphatic rings. The molecule has 1 aromatic carbocycles. The molecule has 0 saturated heterocycles. The maximum Gasteiger partial charge on any atom is 0.416 e. The van der Waals surface area contributed by atoms with Crippen molar-refractivity contribution in [2.45, 2.75) is 12.7 Å². The van der Waals surface area contributed by atoms with E-state index >= 15 is 0 Å². The zero-order valence-corrected chi connectivity index (χ0v) is 10.3. The fraction of sp³-hybridized carbons (Fsp3) is 0.143. The number of pyridine rings is 1. The fourth-order valence-corrected chi connectivity index (χ4v) is 1.65. The van der Waals surface area contributed by atoms with Gasteiger partial charge in [-0.1, -0.05) is 12.1 Å². The third-order valence-electron chi connectivity index (χ3n) is 2.68. The Morgan fingerprint density at radius 3 is 2.45 bits per heavy atom. The highest BCUT2D eigenvalue weighted by Crippen LogP contribution is 2.29. The van der Waals surface area contributed by atoms with Gasteiger partial charge in [0, 0.05) is 12.7 Å². The molecule has 3 nitrogen and oxygen atoms in total. The lowest BCUT2D eigenvalue weighted by Crippen LogP contribution is -2.06. The van der Waals surface area contributed by atoms with Crippen LogP contribution < -0.4 is 5.32 Å². The molecule has 0 aliphatic carbocycles. The number of hydrogen-bond donors (Lipinski definition) is 1. The highest BCUT2D eigenvalue weighted by molar-refractivity contribution is 5.53. The van der Waals surface area contributed by atoms with Crippen LogP contribution in [0.4, 0.5) is 18.9 Å². The number of anilines is 1. The van der Waals surface area contributed by atoms with E-state index in [4.69, 9.17) is 5.26 Å². The van der Waals surface area contributed by atoms with E-state index in [0.717, 1.165) is 12.1 Å². The Labute approximate surface area is 113 Å². The molecule has 102 valence electrons. The zero-order chi connectivity index (χ0) is 14.6. The molecule has 20 heavy (non-hydrogen) atoms. The zero-order valence-electron chi connectivity index (χ0n) is 10.3. The summed E-state index contributed by atoms with van der Waals surface area (Å²) in [6.45, 7) is 0.318. The predicted molar refractivity (Wildman–Crippen MR) is 67.7 cm³/mol. The number of halogens is 3. The second kappa shape index (κ2) is 5.61. The lowest BCUT2D eigenvalue weighted by atomic mass is 10.1. The maximum absolute atomic E-state index is 12.4. The van der Waals surface area contributed by atoms with Crippen molar-refractivity contribution in [3.05, 3.63) is 59.4 Å². The van der Waals surface area contributed by atoms with Gasteiger partial charge in [0.05, 0.1) is 11.3 Å². The van der Waals surface area contributed by atoms with Gasteiger partial charge < -0.3 is 5.32 Å². The van der Waals surface area contributed by atoms with Crippen molar-refractivity contribution < 1.29 is 13.2 Å². The molecule has 0 atom stereocenters. The molecule has 0 saturated carbocycles. The molecule has 1 aromatic heterocycles. The molecule has 0 bridgehead atoms. The predicted octanol–water partition coefficient (Wildman–Crippen LogP) is 3.58. The van der Waals surface area contributed by atoms with Gasteiger partial charge in [-0.15, -0.1) is 0 Å². The van der Waals surface area contributed by atoms with Crippen LogP contribution in [-0.4, -0.2) is 4.98 Å². The van der Waals surface area contributed by atoms with Crippen LogP contribution in [0.1, 0.15) is 16.8 Å². The standard InChI is InChI=1S/C14H10F3N3/c15-14(16,17)11-5-3-10(4-6-11)9-20-12-2-1-7-19-13(12)8-18/h1-7,20H,9H2. The van der Waals surface area contributed by atoms with Crippen LogP contribution in [0, 0.1) is 11.3 Å². The normalized spacial score (nSPS) is 10.9. The molecule has 2 rings (SSSR count). The molecular formula is C14H10F3N3. The summed E-state index contributed by atoms with van der Waals surface area (Å²) in [5, 5.41) is 11.8. The third-order valence-corrected chi connectivity index (χ3v) is 2.68. The first-order valence-corrected chi connectivity index (χ1v) is 5.76. The highest BCUT2D eigenvalue weighted by Gasteiger charge is 2.29. The SMILES string of the molecule is N#Cc1ncccc1NCc1ccc(C(F)(F)F)cc1. The highest BCUT2D eigenvalue weighted by atomic mass is 19.4. The quantitative estimate of drug-likeness (QED) is 0.932. The van der Waals surface area contributed by atoms with E-state index in [-0.39, 0.29) is 5.69 Å². The average Bonchev–Trinajstić information content (AvgIpc) is 2.45. The summed E-state index contributed by atoms with van der Waals surface area (Å²) in [4.78, 5) is 3.88. The molecule has 2 aromatic rings. The van der Waals surface area contributed by atoms with E-state index in [1.54, 1.807) is 12.1 Å². The Hall–Kier alpha value is -2.55. The second-order valence-electron chi connectivity index (χ2n) is 4.06. The fourth-order valence-electron chi connectivity index (χ4n) is 1.65. The third kappa shape index (κ3) is 3.26. The number of benzene rings is 1. The van der Waals surface area contributed by atoms with Gasteiger partial charge in [-0.3, -0.25) is 0 Å². The number of aromatic nitrogens is 1. The number of hydrogen-bond acceptors (Lipinski definition) is 3. The molecule has 1 N–H and O–H groups in total. The molecule has 1 heterocycles. The summed E-state index contributed by atoms with van der Waals surface area (Å²) >= 11 is 0. The number of nitrogens with zero attached hydrogens (tertiary/aromatic N) is 2. The topological polar surface area (TPSA) is 48.7 Å². The number of alkyl halides is 3. The van der Waals surface area contributed by atoms with Gasteiger partial charge >= 0.3 is 6.18 Å². The monoisotopic (exact) mass is 277 g/mol. The molecule has 0 unspecified atom stereocenters. The molecule has 0 radical (unpaired) electrons. The van der Waals surface area contributed by atoms with Gasteiger partial charge in [0.15, 0.2) is 5.69 Å². The van der Waals surface area contributed by atoms with Crippen molar-refractivity contribution in [3.8, 4) is 6.07 Å². The summed E-state index contributed by atoms with van der Waals surface area (Å²) in [6, 6.07) is 10.2. The van der Waals surface area contributed by atoms with Crippen LogP contribution >= 0.6 is 0 Å². The van der Waals surface area contributed by atoms with E-state index in [9.17, 15) is 13.2 Å². The van der Waals surface area contributed by atoms with Crippen molar-refractivity contribution in [1.29, 1.82) is 5.26 Å². The minimum atomic E-state index is -4.33.